The van der Waals surface area contributed by atoms with Gasteiger partial charge in [-0.05, 0) is 105 Å². The van der Waals surface area contributed by atoms with E-state index < -0.39 is 0 Å². The van der Waals surface area contributed by atoms with Crippen LogP contribution in [0.5, 0.6) is 0 Å². The minimum Gasteiger partial charge on any atom is -0.318 e. The van der Waals surface area contributed by atoms with Gasteiger partial charge < -0.3 is 9.80 Å². The molecule has 0 radical (unpaired) electrons. The fourth-order valence-corrected chi connectivity index (χ4v) is 6.86. The first-order chi connectivity index (χ1) is 30.4. The molecule has 0 aliphatic rings. The van der Waals surface area contributed by atoms with Gasteiger partial charge in [-0.15, -0.1) is 0 Å². The maximum absolute atomic E-state index is 4.58. The topological polar surface area (TPSA) is 6.48 Å². The Labute approximate surface area is 369 Å². The summed E-state index contributed by atoms with van der Waals surface area (Å²) in [5, 5.41) is 0. The number of nitrogens with zero attached hydrogens (tertiary/aromatic N) is 2. The van der Waals surface area contributed by atoms with E-state index in [2.05, 4.69) is 189 Å². The maximum atomic E-state index is 4.58. The van der Waals surface area contributed by atoms with Crippen molar-refractivity contribution in [2.75, 3.05) is 9.80 Å². The minimum atomic E-state index is 0.779. The van der Waals surface area contributed by atoms with Crippen LogP contribution in [0.25, 0.3) is 28.3 Å². The van der Waals surface area contributed by atoms with Gasteiger partial charge in [0.2, 0.25) is 0 Å². The molecule has 6 rings (SSSR count). The predicted molar refractivity (Wildman–Crippen MR) is 272 cm³/mol. The Morgan fingerprint density at radius 3 is 1.74 bits per heavy atom. The standard InChI is InChI=1S/C60H52N2/c1-7-10-11-23-45-61(56-41-37-54(38-42-56)52-27-17-13-18-28-52)49(6)35-36-55(46-50-25-15-12-16-26-50)47(4)33-34-48(5)59-31-21-22-32-60(59)62(57-29-19-14-20-30-57)58-43-39-53(40-44-58)51(9-3)24-8-2/h7-46H,1-6H2/b11-10-,34-33-,36-35-,45-23+,51-24+,55-46-. The van der Waals surface area contributed by atoms with Crippen LogP contribution in [-0.2, 0) is 0 Å². The van der Waals surface area contributed by atoms with Gasteiger partial charge >= 0.3 is 0 Å². The lowest BCUT2D eigenvalue weighted by Gasteiger charge is -2.28. The molecular weight excluding hydrogens is 749 g/mol. The third kappa shape index (κ3) is 11.5. The summed E-state index contributed by atoms with van der Waals surface area (Å²) in [7, 11) is 0. The van der Waals surface area contributed by atoms with Gasteiger partial charge in [0.05, 0.1) is 5.69 Å². The van der Waals surface area contributed by atoms with Crippen molar-refractivity contribution >= 4 is 40.0 Å². The average molecular weight is 801 g/mol. The van der Waals surface area contributed by atoms with Crippen molar-refractivity contribution in [3.8, 4) is 11.1 Å². The molecule has 0 atom stereocenters. The highest BCUT2D eigenvalue weighted by Gasteiger charge is 2.17. The normalized spacial score (nSPS) is 11.9. The SMILES string of the molecule is C=C/C=C\C=C\N(C(=C)/C=C\C(=C\c1ccccc1)C(=C)/C=C\C(=C)c1ccccc1N(c1ccccc1)c1ccc(/C(C=C)=C/C=C)cc1)c1ccc(-c2ccccc2)cc1. The molecule has 0 heterocycles. The smallest absolute Gasteiger partial charge is 0.0539 e. The molecular formula is C60H52N2. The van der Waals surface area contributed by atoms with E-state index in [0.717, 1.165) is 73.0 Å². The zero-order chi connectivity index (χ0) is 43.5. The van der Waals surface area contributed by atoms with Gasteiger partial charge in [0.15, 0.2) is 0 Å². The molecule has 0 bridgehead atoms. The van der Waals surface area contributed by atoms with Crippen LogP contribution in [0.1, 0.15) is 16.7 Å². The van der Waals surface area contributed by atoms with E-state index in [9.17, 15) is 0 Å². The molecule has 2 nitrogen and oxygen atoms in total. The first-order valence-electron chi connectivity index (χ1n) is 20.5. The molecule has 62 heavy (non-hydrogen) atoms. The minimum absolute atomic E-state index is 0.779. The molecule has 0 aromatic heterocycles. The van der Waals surface area contributed by atoms with E-state index in [1.54, 1.807) is 12.2 Å². The van der Waals surface area contributed by atoms with Crippen molar-refractivity contribution in [2.24, 2.45) is 0 Å². The van der Waals surface area contributed by atoms with Crippen LogP contribution in [0.3, 0.4) is 0 Å². The molecule has 302 valence electrons. The van der Waals surface area contributed by atoms with Crippen LogP contribution in [0, 0.1) is 0 Å². The molecule has 0 saturated carbocycles. The van der Waals surface area contributed by atoms with Crippen molar-refractivity contribution in [1.82, 2.24) is 0 Å². The number of allylic oxidation sites excluding steroid dienone is 15. The zero-order valence-corrected chi connectivity index (χ0v) is 35.2. The molecule has 0 amide bonds. The van der Waals surface area contributed by atoms with E-state index >= 15 is 0 Å². The van der Waals surface area contributed by atoms with Crippen molar-refractivity contribution in [3.05, 3.63) is 310 Å². The fraction of sp³-hybridized carbons (Fsp3) is 0. The third-order valence-electron chi connectivity index (χ3n) is 10.1. The van der Waals surface area contributed by atoms with Crippen molar-refractivity contribution < 1.29 is 0 Å². The third-order valence-corrected chi connectivity index (χ3v) is 10.1. The highest BCUT2D eigenvalue weighted by atomic mass is 15.1. The second-order valence-corrected chi connectivity index (χ2v) is 14.3. The number of anilines is 4. The quantitative estimate of drug-likeness (QED) is 0.0753. The second kappa shape index (κ2) is 22.2. The zero-order valence-electron chi connectivity index (χ0n) is 35.2. The Hall–Kier alpha value is -8.20. The van der Waals surface area contributed by atoms with E-state index in [1.165, 1.54) is 5.56 Å². The van der Waals surface area contributed by atoms with Gasteiger partial charge in [-0.3, -0.25) is 0 Å². The molecule has 2 heteroatoms. The molecule has 0 aliphatic heterocycles. The number of benzene rings is 6. The molecule has 0 fully saturated rings. The Kier molecular flexibility index (Phi) is 15.6. The average Bonchev–Trinajstić information content (AvgIpc) is 3.32. The molecule has 6 aromatic rings. The van der Waals surface area contributed by atoms with E-state index in [1.807, 2.05) is 91.2 Å². The lowest BCUT2D eigenvalue weighted by atomic mass is 9.99. The van der Waals surface area contributed by atoms with Crippen molar-refractivity contribution in [1.29, 1.82) is 0 Å². The number of rotatable bonds is 19. The predicted octanol–water partition coefficient (Wildman–Crippen LogP) is 16.6. The lowest BCUT2D eigenvalue weighted by Crippen LogP contribution is -2.12. The summed E-state index contributed by atoms with van der Waals surface area (Å²) in [6, 6.07) is 56.4. The van der Waals surface area contributed by atoms with Crippen LogP contribution in [-0.4, -0.2) is 0 Å². The highest BCUT2D eigenvalue weighted by Crippen LogP contribution is 2.39. The Morgan fingerprint density at radius 1 is 0.484 bits per heavy atom. The highest BCUT2D eigenvalue weighted by molar-refractivity contribution is 5.89. The van der Waals surface area contributed by atoms with Crippen LogP contribution in [0.15, 0.2) is 293 Å². The van der Waals surface area contributed by atoms with Crippen LogP contribution in [0.4, 0.5) is 22.7 Å². The van der Waals surface area contributed by atoms with Gasteiger partial charge in [0.1, 0.15) is 0 Å². The van der Waals surface area contributed by atoms with Gasteiger partial charge in [-0.2, -0.15) is 0 Å². The first-order valence-corrected chi connectivity index (χ1v) is 20.5. The van der Waals surface area contributed by atoms with Gasteiger partial charge in [0, 0.05) is 34.5 Å². The molecule has 0 unspecified atom stereocenters. The first kappa shape index (κ1) is 43.4. The van der Waals surface area contributed by atoms with Crippen molar-refractivity contribution in [3.63, 3.8) is 0 Å². The maximum Gasteiger partial charge on any atom is 0.0539 e. The number of hydrogen-bond acceptors (Lipinski definition) is 2. The Bertz CT molecular complexity index is 2680. The van der Waals surface area contributed by atoms with E-state index in [-0.39, 0.29) is 0 Å². The molecule has 0 saturated heterocycles. The second-order valence-electron chi connectivity index (χ2n) is 14.3. The summed E-state index contributed by atoms with van der Waals surface area (Å²) in [5.41, 5.74) is 13.8. The molecule has 0 N–H and O–H groups in total. The van der Waals surface area contributed by atoms with Crippen LogP contribution < -0.4 is 9.80 Å². The lowest BCUT2D eigenvalue weighted by molar-refractivity contribution is 1.21. The van der Waals surface area contributed by atoms with E-state index in [4.69, 9.17) is 0 Å². The van der Waals surface area contributed by atoms with Crippen LogP contribution >= 0.6 is 0 Å². The van der Waals surface area contributed by atoms with Crippen molar-refractivity contribution in [2.45, 2.75) is 0 Å². The summed E-state index contributed by atoms with van der Waals surface area (Å²) in [5.74, 6) is 0. The summed E-state index contributed by atoms with van der Waals surface area (Å²) in [4.78, 5) is 4.33. The number of hydrogen-bond donors (Lipinski definition) is 0. The molecule has 0 aliphatic carbocycles. The Balaban J connectivity index is 1.30. The van der Waals surface area contributed by atoms with Gasteiger partial charge in [-0.1, -0.05) is 215 Å². The molecule has 0 spiro atoms. The summed E-state index contributed by atoms with van der Waals surface area (Å²) in [6.45, 7) is 25.3. The van der Waals surface area contributed by atoms with Gasteiger partial charge in [0.25, 0.3) is 0 Å². The Morgan fingerprint density at radius 2 is 1.08 bits per heavy atom. The molecule has 6 aromatic carbocycles. The summed E-state index contributed by atoms with van der Waals surface area (Å²) >= 11 is 0. The van der Waals surface area contributed by atoms with Crippen LogP contribution in [0.2, 0.25) is 0 Å². The monoisotopic (exact) mass is 800 g/mol. The number of para-hydroxylation sites is 2. The summed E-state index contributed by atoms with van der Waals surface area (Å²) < 4.78 is 0. The fourth-order valence-electron chi connectivity index (χ4n) is 6.86. The summed E-state index contributed by atoms with van der Waals surface area (Å²) in [6.07, 6.45) is 25.5. The van der Waals surface area contributed by atoms with Gasteiger partial charge in [-0.25, -0.2) is 0 Å². The largest absolute Gasteiger partial charge is 0.318 e. The van der Waals surface area contributed by atoms with E-state index in [0.29, 0.717) is 0 Å².